The molecule has 5 heteroatoms. The minimum Gasteiger partial charge on any atom is -0.352 e. The molecular weight excluding hydrogens is 300 g/mol. The summed E-state index contributed by atoms with van der Waals surface area (Å²) in [6, 6.07) is 1.06. The van der Waals surface area contributed by atoms with E-state index in [9.17, 15) is 4.79 Å². The molecule has 0 aromatic carbocycles. The number of aromatic nitrogens is 2. The van der Waals surface area contributed by atoms with Crippen LogP contribution in [-0.4, -0.2) is 45.9 Å². The van der Waals surface area contributed by atoms with Gasteiger partial charge in [-0.3, -0.25) is 19.7 Å². The Bertz CT molecular complexity index is 499. The molecule has 2 heterocycles. The maximum atomic E-state index is 12.2. The lowest BCUT2D eigenvalue weighted by atomic mass is 9.99. The average molecular weight is 330 g/mol. The Morgan fingerprint density at radius 2 is 1.96 bits per heavy atom. The largest absolute Gasteiger partial charge is 0.352 e. The summed E-state index contributed by atoms with van der Waals surface area (Å²) in [5.41, 5.74) is 0.886. The molecule has 0 radical (unpaired) electrons. The van der Waals surface area contributed by atoms with E-state index >= 15 is 0 Å². The Morgan fingerprint density at radius 3 is 2.71 bits per heavy atom. The SMILES string of the molecule is O=C(CCc1cnccn1)N[C@H]1CCCN(C2CCCCCC2)C1. The van der Waals surface area contributed by atoms with Crippen molar-refractivity contribution in [2.75, 3.05) is 13.1 Å². The van der Waals surface area contributed by atoms with Gasteiger partial charge in [-0.2, -0.15) is 0 Å². The van der Waals surface area contributed by atoms with Crippen LogP contribution in [0.15, 0.2) is 18.6 Å². The molecule has 1 amide bonds. The Labute approximate surface area is 145 Å². The maximum absolute atomic E-state index is 12.2. The Morgan fingerprint density at radius 1 is 1.12 bits per heavy atom. The molecule has 24 heavy (non-hydrogen) atoms. The topological polar surface area (TPSA) is 58.1 Å². The zero-order valence-corrected chi connectivity index (χ0v) is 14.6. The van der Waals surface area contributed by atoms with Crippen LogP contribution in [0.5, 0.6) is 0 Å². The van der Waals surface area contributed by atoms with Gasteiger partial charge in [-0.05, 0) is 38.6 Å². The van der Waals surface area contributed by atoms with E-state index in [0.29, 0.717) is 18.9 Å². The van der Waals surface area contributed by atoms with E-state index in [-0.39, 0.29) is 5.91 Å². The van der Waals surface area contributed by atoms with Crippen LogP contribution in [0.1, 0.15) is 63.5 Å². The van der Waals surface area contributed by atoms with Crippen molar-refractivity contribution in [2.24, 2.45) is 0 Å². The van der Waals surface area contributed by atoms with Gasteiger partial charge in [-0.15, -0.1) is 0 Å². The van der Waals surface area contributed by atoms with E-state index < -0.39 is 0 Å². The first-order chi connectivity index (χ1) is 11.8. The highest BCUT2D eigenvalue weighted by atomic mass is 16.1. The normalized spacial score (nSPS) is 23.6. The summed E-state index contributed by atoms with van der Waals surface area (Å²) < 4.78 is 0. The number of carbonyl (C=O) groups excluding carboxylic acids is 1. The number of hydrogen-bond donors (Lipinski definition) is 1. The number of aryl methyl sites for hydroxylation is 1. The van der Waals surface area contributed by atoms with Gasteiger partial charge < -0.3 is 5.32 Å². The van der Waals surface area contributed by atoms with Crippen LogP contribution in [0, 0.1) is 0 Å². The monoisotopic (exact) mass is 330 g/mol. The first kappa shape index (κ1) is 17.3. The molecule has 0 unspecified atom stereocenters. The predicted octanol–water partition coefficient (Wildman–Crippen LogP) is 2.71. The molecule has 1 atom stereocenters. The molecule has 132 valence electrons. The van der Waals surface area contributed by atoms with Gasteiger partial charge in [0.25, 0.3) is 0 Å². The molecular formula is C19H30N4O. The molecule has 2 aliphatic rings. The standard InChI is InChI=1S/C19H30N4O/c24-19(10-9-16-14-20-11-12-21-16)22-17-6-5-13-23(15-17)18-7-3-1-2-4-8-18/h11-12,14,17-18H,1-10,13,15H2,(H,22,24)/t17-/m0/s1. The summed E-state index contributed by atoms with van der Waals surface area (Å²) in [5, 5.41) is 3.25. The molecule has 1 aliphatic carbocycles. The Hall–Kier alpha value is -1.49. The van der Waals surface area contributed by atoms with E-state index in [1.807, 2.05) is 0 Å². The lowest BCUT2D eigenvalue weighted by Crippen LogP contribution is -2.50. The van der Waals surface area contributed by atoms with Gasteiger partial charge in [0.05, 0.1) is 5.69 Å². The number of likely N-dealkylation sites (tertiary alicyclic amines) is 1. The van der Waals surface area contributed by atoms with Gasteiger partial charge in [-0.25, -0.2) is 0 Å². The van der Waals surface area contributed by atoms with Crippen LogP contribution in [0.25, 0.3) is 0 Å². The first-order valence-corrected chi connectivity index (χ1v) is 9.59. The summed E-state index contributed by atoms with van der Waals surface area (Å²) >= 11 is 0. The van der Waals surface area contributed by atoms with Crippen molar-refractivity contribution in [1.29, 1.82) is 0 Å². The van der Waals surface area contributed by atoms with Gasteiger partial charge in [0.1, 0.15) is 0 Å². The van der Waals surface area contributed by atoms with Crippen LogP contribution in [0.3, 0.4) is 0 Å². The van der Waals surface area contributed by atoms with Gasteiger partial charge in [-0.1, -0.05) is 25.7 Å². The zero-order valence-electron chi connectivity index (χ0n) is 14.6. The number of nitrogens with zero attached hydrogens (tertiary/aromatic N) is 3. The first-order valence-electron chi connectivity index (χ1n) is 9.59. The van der Waals surface area contributed by atoms with Crippen LogP contribution < -0.4 is 5.32 Å². The number of amides is 1. The van der Waals surface area contributed by atoms with Crippen molar-refractivity contribution in [3.05, 3.63) is 24.3 Å². The van der Waals surface area contributed by atoms with E-state index in [1.165, 1.54) is 51.5 Å². The number of nitrogens with one attached hydrogen (secondary N) is 1. The van der Waals surface area contributed by atoms with E-state index in [1.54, 1.807) is 18.6 Å². The third-order valence-electron chi connectivity index (χ3n) is 5.38. The summed E-state index contributed by atoms with van der Waals surface area (Å²) in [7, 11) is 0. The van der Waals surface area contributed by atoms with Crippen LogP contribution in [0.2, 0.25) is 0 Å². The van der Waals surface area contributed by atoms with Crippen molar-refractivity contribution in [1.82, 2.24) is 20.2 Å². The van der Waals surface area contributed by atoms with Crippen molar-refractivity contribution in [3.63, 3.8) is 0 Å². The molecule has 1 aromatic heterocycles. The molecule has 2 fully saturated rings. The maximum Gasteiger partial charge on any atom is 0.220 e. The fourth-order valence-corrected chi connectivity index (χ4v) is 4.08. The molecule has 1 aromatic rings. The second-order valence-electron chi connectivity index (χ2n) is 7.24. The Balaban J connectivity index is 1.43. The lowest BCUT2D eigenvalue weighted by Gasteiger charge is -2.38. The van der Waals surface area contributed by atoms with Gasteiger partial charge in [0.2, 0.25) is 5.91 Å². The minimum atomic E-state index is 0.147. The van der Waals surface area contributed by atoms with E-state index in [0.717, 1.165) is 24.7 Å². The molecule has 1 aliphatic heterocycles. The molecule has 1 saturated heterocycles. The fourth-order valence-electron chi connectivity index (χ4n) is 4.08. The smallest absolute Gasteiger partial charge is 0.220 e. The van der Waals surface area contributed by atoms with Gasteiger partial charge >= 0.3 is 0 Å². The highest BCUT2D eigenvalue weighted by Gasteiger charge is 2.27. The number of carbonyl (C=O) groups is 1. The highest BCUT2D eigenvalue weighted by Crippen LogP contribution is 2.24. The summed E-state index contributed by atoms with van der Waals surface area (Å²) in [6.07, 6.45) is 16.8. The Kier molecular flexibility index (Phi) is 6.58. The number of hydrogen-bond acceptors (Lipinski definition) is 4. The average Bonchev–Trinajstić information content (AvgIpc) is 2.91. The van der Waals surface area contributed by atoms with Crippen molar-refractivity contribution in [2.45, 2.75) is 76.3 Å². The van der Waals surface area contributed by atoms with Crippen molar-refractivity contribution in [3.8, 4) is 0 Å². The molecule has 1 saturated carbocycles. The molecule has 5 nitrogen and oxygen atoms in total. The molecule has 0 spiro atoms. The second kappa shape index (κ2) is 9.11. The predicted molar refractivity (Wildman–Crippen MR) is 94.6 cm³/mol. The molecule has 0 bridgehead atoms. The minimum absolute atomic E-state index is 0.147. The molecule has 3 rings (SSSR count). The summed E-state index contributed by atoms with van der Waals surface area (Å²) in [4.78, 5) is 23.2. The van der Waals surface area contributed by atoms with Gasteiger partial charge in [0.15, 0.2) is 0 Å². The fraction of sp³-hybridized carbons (Fsp3) is 0.737. The summed E-state index contributed by atoms with van der Waals surface area (Å²) in [6.45, 7) is 2.23. The lowest BCUT2D eigenvalue weighted by molar-refractivity contribution is -0.122. The van der Waals surface area contributed by atoms with E-state index in [2.05, 4.69) is 20.2 Å². The van der Waals surface area contributed by atoms with Crippen LogP contribution in [-0.2, 0) is 11.2 Å². The third kappa shape index (κ3) is 5.26. The highest BCUT2D eigenvalue weighted by molar-refractivity contribution is 5.76. The van der Waals surface area contributed by atoms with Crippen molar-refractivity contribution >= 4 is 5.91 Å². The quantitative estimate of drug-likeness (QED) is 0.843. The van der Waals surface area contributed by atoms with E-state index in [4.69, 9.17) is 0 Å². The zero-order chi connectivity index (χ0) is 16.6. The molecule has 1 N–H and O–H groups in total. The second-order valence-corrected chi connectivity index (χ2v) is 7.24. The summed E-state index contributed by atoms with van der Waals surface area (Å²) in [5.74, 6) is 0.147. The van der Waals surface area contributed by atoms with Crippen LogP contribution in [0.4, 0.5) is 0 Å². The van der Waals surface area contributed by atoms with Crippen LogP contribution >= 0.6 is 0 Å². The number of piperidine rings is 1. The number of rotatable bonds is 5. The van der Waals surface area contributed by atoms with Crippen molar-refractivity contribution < 1.29 is 4.79 Å². The third-order valence-corrected chi connectivity index (χ3v) is 5.38. The van der Waals surface area contributed by atoms with Gasteiger partial charge in [0, 0.05) is 43.6 Å².